The summed E-state index contributed by atoms with van der Waals surface area (Å²) in [6.07, 6.45) is 3.18. The lowest BCUT2D eigenvalue weighted by molar-refractivity contribution is 0.0699. The molecule has 0 aliphatic rings. The van der Waals surface area contributed by atoms with Crippen molar-refractivity contribution < 1.29 is 9.90 Å². The molecule has 18 heavy (non-hydrogen) atoms. The summed E-state index contributed by atoms with van der Waals surface area (Å²) in [5.74, 6) is -0.933. The molecule has 5 heteroatoms. The highest BCUT2D eigenvalue weighted by molar-refractivity contribution is 5.96. The van der Waals surface area contributed by atoms with E-state index in [1.54, 1.807) is 10.7 Å². The standard InChI is InChI=1S/C13H17N3O2/c1-3-15(4-2)9-10-6-5-7-16-12(10)11(8-14-16)13(17)18/h5-8H,3-4,9H2,1-2H3,(H,17,18). The zero-order valence-corrected chi connectivity index (χ0v) is 10.6. The third kappa shape index (κ3) is 2.22. The van der Waals surface area contributed by atoms with Gasteiger partial charge in [-0.05, 0) is 24.7 Å². The van der Waals surface area contributed by atoms with Crippen molar-refractivity contribution in [3.05, 3.63) is 35.7 Å². The molecule has 2 aromatic heterocycles. The van der Waals surface area contributed by atoms with Gasteiger partial charge < -0.3 is 5.11 Å². The normalized spacial score (nSPS) is 11.3. The second-order valence-corrected chi connectivity index (χ2v) is 4.15. The Bertz CT molecular complexity index is 558. The number of rotatable bonds is 5. The van der Waals surface area contributed by atoms with E-state index in [2.05, 4.69) is 23.8 Å². The van der Waals surface area contributed by atoms with Crippen LogP contribution in [0.15, 0.2) is 24.5 Å². The summed E-state index contributed by atoms with van der Waals surface area (Å²) in [5.41, 5.74) is 1.95. The first-order valence-electron chi connectivity index (χ1n) is 6.08. The third-order valence-corrected chi connectivity index (χ3v) is 3.14. The molecule has 2 rings (SSSR count). The number of carboxylic acid groups (broad SMARTS) is 1. The molecule has 0 amide bonds. The van der Waals surface area contributed by atoms with Crippen molar-refractivity contribution in [2.45, 2.75) is 20.4 Å². The number of aromatic carboxylic acids is 1. The van der Waals surface area contributed by atoms with Gasteiger partial charge in [0, 0.05) is 12.7 Å². The van der Waals surface area contributed by atoms with Crippen LogP contribution in [0, 0.1) is 0 Å². The number of aromatic nitrogens is 2. The molecule has 0 saturated heterocycles. The second kappa shape index (κ2) is 5.18. The van der Waals surface area contributed by atoms with E-state index >= 15 is 0 Å². The molecule has 1 N–H and O–H groups in total. The van der Waals surface area contributed by atoms with Gasteiger partial charge in [-0.3, -0.25) is 4.90 Å². The highest BCUT2D eigenvalue weighted by atomic mass is 16.4. The zero-order chi connectivity index (χ0) is 13.1. The van der Waals surface area contributed by atoms with Gasteiger partial charge in [0.1, 0.15) is 5.56 Å². The van der Waals surface area contributed by atoms with Crippen molar-refractivity contribution in [3.63, 3.8) is 0 Å². The van der Waals surface area contributed by atoms with Crippen molar-refractivity contribution in [1.29, 1.82) is 0 Å². The smallest absolute Gasteiger partial charge is 0.339 e. The molecule has 0 spiro atoms. The van der Waals surface area contributed by atoms with Crippen LogP contribution in [-0.4, -0.2) is 38.7 Å². The minimum Gasteiger partial charge on any atom is -0.478 e. The Morgan fingerprint density at radius 1 is 1.44 bits per heavy atom. The third-order valence-electron chi connectivity index (χ3n) is 3.14. The molecule has 0 aliphatic heterocycles. The van der Waals surface area contributed by atoms with E-state index in [9.17, 15) is 9.90 Å². The molecular weight excluding hydrogens is 230 g/mol. The first kappa shape index (κ1) is 12.6. The molecule has 96 valence electrons. The summed E-state index contributed by atoms with van der Waals surface area (Å²) in [6.45, 7) is 6.81. The van der Waals surface area contributed by atoms with Gasteiger partial charge in [-0.1, -0.05) is 19.9 Å². The maximum atomic E-state index is 11.2. The topological polar surface area (TPSA) is 57.8 Å². The lowest BCUT2D eigenvalue weighted by Gasteiger charge is -2.18. The summed E-state index contributed by atoms with van der Waals surface area (Å²) >= 11 is 0. The van der Waals surface area contributed by atoms with Gasteiger partial charge in [0.2, 0.25) is 0 Å². The Labute approximate surface area is 106 Å². The summed E-state index contributed by atoms with van der Waals surface area (Å²) in [7, 11) is 0. The molecule has 0 radical (unpaired) electrons. The molecule has 0 aliphatic carbocycles. The fraction of sp³-hybridized carbons (Fsp3) is 0.385. The lowest BCUT2D eigenvalue weighted by atomic mass is 10.1. The van der Waals surface area contributed by atoms with Crippen molar-refractivity contribution in [2.75, 3.05) is 13.1 Å². The number of carboxylic acids is 1. The van der Waals surface area contributed by atoms with Crippen molar-refractivity contribution in [3.8, 4) is 0 Å². The van der Waals surface area contributed by atoms with Crippen molar-refractivity contribution in [1.82, 2.24) is 14.5 Å². The fourth-order valence-electron chi connectivity index (χ4n) is 2.09. The van der Waals surface area contributed by atoms with Crippen LogP contribution in [0.4, 0.5) is 0 Å². The average Bonchev–Trinajstić information content (AvgIpc) is 2.80. The monoisotopic (exact) mass is 247 g/mol. The van der Waals surface area contributed by atoms with Crippen LogP contribution in [0.3, 0.4) is 0 Å². The highest BCUT2D eigenvalue weighted by Gasteiger charge is 2.15. The predicted molar refractivity (Wildman–Crippen MR) is 68.8 cm³/mol. The summed E-state index contributed by atoms with van der Waals surface area (Å²) in [6, 6.07) is 3.85. The van der Waals surface area contributed by atoms with Crippen molar-refractivity contribution >= 4 is 11.5 Å². The largest absolute Gasteiger partial charge is 0.478 e. The first-order valence-corrected chi connectivity index (χ1v) is 6.08. The SMILES string of the molecule is CCN(CC)Cc1cccn2ncc(C(=O)O)c12. The number of hydrogen-bond donors (Lipinski definition) is 1. The van der Waals surface area contributed by atoms with Gasteiger partial charge in [0.15, 0.2) is 0 Å². The molecule has 2 aromatic rings. The Balaban J connectivity index is 2.49. The van der Waals surface area contributed by atoms with Gasteiger partial charge in [0.25, 0.3) is 0 Å². The van der Waals surface area contributed by atoms with Gasteiger partial charge >= 0.3 is 5.97 Å². The van der Waals surface area contributed by atoms with E-state index in [1.165, 1.54) is 6.20 Å². The minimum absolute atomic E-state index is 0.262. The average molecular weight is 247 g/mol. The van der Waals surface area contributed by atoms with E-state index in [-0.39, 0.29) is 5.56 Å². The van der Waals surface area contributed by atoms with Crippen LogP contribution >= 0.6 is 0 Å². The Kier molecular flexibility index (Phi) is 3.62. The Morgan fingerprint density at radius 3 is 2.78 bits per heavy atom. The van der Waals surface area contributed by atoms with E-state index in [4.69, 9.17) is 0 Å². The van der Waals surface area contributed by atoms with E-state index in [0.29, 0.717) is 5.52 Å². The minimum atomic E-state index is -0.933. The van der Waals surface area contributed by atoms with Crippen LogP contribution in [0.1, 0.15) is 29.8 Å². The van der Waals surface area contributed by atoms with Crippen LogP contribution in [0.25, 0.3) is 5.52 Å². The molecule has 0 aromatic carbocycles. The van der Waals surface area contributed by atoms with Gasteiger partial charge in [0.05, 0.1) is 11.7 Å². The van der Waals surface area contributed by atoms with Crippen LogP contribution in [-0.2, 0) is 6.54 Å². The number of nitrogens with zero attached hydrogens (tertiary/aromatic N) is 3. The van der Waals surface area contributed by atoms with Crippen LogP contribution in [0.2, 0.25) is 0 Å². The summed E-state index contributed by atoms with van der Waals surface area (Å²) in [4.78, 5) is 13.4. The Hall–Kier alpha value is -1.88. The predicted octanol–water partition coefficient (Wildman–Crippen LogP) is 1.87. The molecular formula is C13H17N3O2. The lowest BCUT2D eigenvalue weighted by Crippen LogP contribution is -2.22. The van der Waals surface area contributed by atoms with E-state index in [1.807, 2.05) is 12.1 Å². The van der Waals surface area contributed by atoms with Crippen LogP contribution in [0.5, 0.6) is 0 Å². The maximum Gasteiger partial charge on any atom is 0.339 e. The molecule has 0 saturated carbocycles. The number of pyridine rings is 1. The molecule has 0 atom stereocenters. The maximum absolute atomic E-state index is 11.2. The second-order valence-electron chi connectivity index (χ2n) is 4.15. The highest BCUT2D eigenvalue weighted by Crippen LogP contribution is 2.17. The molecule has 2 heterocycles. The zero-order valence-electron chi connectivity index (χ0n) is 10.6. The summed E-state index contributed by atoms with van der Waals surface area (Å²) < 4.78 is 1.63. The quantitative estimate of drug-likeness (QED) is 0.876. The van der Waals surface area contributed by atoms with Gasteiger partial charge in [-0.15, -0.1) is 0 Å². The van der Waals surface area contributed by atoms with Gasteiger partial charge in [-0.25, -0.2) is 9.31 Å². The molecule has 0 unspecified atom stereocenters. The molecule has 0 bridgehead atoms. The van der Waals surface area contributed by atoms with Gasteiger partial charge in [-0.2, -0.15) is 5.10 Å². The fourth-order valence-corrected chi connectivity index (χ4v) is 2.09. The molecule has 0 fully saturated rings. The number of carbonyl (C=O) groups is 1. The molecule has 5 nitrogen and oxygen atoms in total. The van der Waals surface area contributed by atoms with E-state index < -0.39 is 5.97 Å². The number of fused-ring (bicyclic) bond motifs is 1. The van der Waals surface area contributed by atoms with Crippen LogP contribution < -0.4 is 0 Å². The summed E-state index contributed by atoms with van der Waals surface area (Å²) in [5, 5.41) is 13.3. The Morgan fingerprint density at radius 2 is 2.17 bits per heavy atom. The first-order chi connectivity index (χ1) is 8.67. The van der Waals surface area contributed by atoms with E-state index in [0.717, 1.165) is 25.2 Å². The number of hydrogen-bond acceptors (Lipinski definition) is 3. The van der Waals surface area contributed by atoms with Crippen molar-refractivity contribution in [2.24, 2.45) is 0 Å².